The largest absolute Gasteiger partial charge is 0.397 e. The Kier molecular flexibility index (Phi) is 7.91. The van der Waals surface area contributed by atoms with E-state index in [-0.39, 0.29) is 29.0 Å². The molecule has 2 aromatic carbocycles. The molecule has 0 aliphatic heterocycles. The van der Waals surface area contributed by atoms with Gasteiger partial charge < -0.3 is 13.7 Å². The van der Waals surface area contributed by atoms with Crippen molar-refractivity contribution in [1.82, 2.24) is 4.40 Å². The van der Waals surface area contributed by atoms with Gasteiger partial charge in [0.05, 0.1) is 5.69 Å². The van der Waals surface area contributed by atoms with Crippen LogP contribution in [0.25, 0.3) is 5.52 Å². The van der Waals surface area contributed by atoms with E-state index in [2.05, 4.69) is 13.8 Å². The van der Waals surface area contributed by atoms with Gasteiger partial charge >= 0.3 is 10.1 Å². The summed E-state index contributed by atoms with van der Waals surface area (Å²) in [6.07, 6.45) is 1.88. The first-order chi connectivity index (χ1) is 16.2. The van der Waals surface area contributed by atoms with Crippen molar-refractivity contribution in [3.8, 4) is 5.75 Å². The molecular weight excluding hydrogens is 450 g/mol. The molecule has 0 unspecified atom stereocenters. The van der Waals surface area contributed by atoms with Crippen LogP contribution in [0.3, 0.4) is 0 Å². The highest BCUT2D eigenvalue weighted by atomic mass is 32.2. The number of benzene rings is 2. The molecule has 0 spiro atoms. The van der Waals surface area contributed by atoms with Crippen LogP contribution in [0.15, 0.2) is 83.9 Å². The van der Waals surface area contributed by atoms with Gasteiger partial charge in [-0.25, -0.2) is 0 Å². The highest BCUT2D eigenvalue weighted by Gasteiger charge is 2.21. The molecule has 0 bridgehead atoms. The minimum absolute atomic E-state index is 0.0829. The molecule has 0 aliphatic rings. The second-order valence-corrected chi connectivity index (χ2v) is 9.67. The third-order valence-electron chi connectivity index (χ3n) is 5.18. The lowest BCUT2D eigenvalue weighted by Gasteiger charge is -2.10. The zero-order valence-corrected chi connectivity index (χ0v) is 20.5. The van der Waals surface area contributed by atoms with Gasteiger partial charge in [0.2, 0.25) is 5.78 Å². The number of ketones is 1. The number of hydrogen-bond acceptors (Lipinski definition) is 5. The summed E-state index contributed by atoms with van der Waals surface area (Å²) in [6, 6.07) is 20.5. The van der Waals surface area contributed by atoms with E-state index in [0.717, 1.165) is 16.6 Å². The smallest absolute Gasteiger partial charge is 0.339 e. The third-order valence-corrected chi connectivity index (χ3v) is 6.44. The van der Waals surface area contributed by atoms with Gasteiger partial charge in [-0.05, 0) is 79.9 Å². The first kappa shape index (κ1) is 25.2. The predicted molar refractivity (Wildman–Crippen MR) is 133 cm³/mol. The Morgan fingerprint density at radius 2 is 1.62 bits per heavy atom. The number of aliphatic hydroxyl groups excluding tert-OH is 1. The lowest BCUT2D eigenvalue weighted by atomic mass is 9.98. The molecule has 4 aromatic rings. The van der Waals surface area contributed by atoms with Crippen molar-refractivity contribution < 1.29 is 22.5 Å². The zero-order chi connectivity index (χ0) is 24.9. The van der Waals surface area contributed by atoms with Crippen molar-refractivity contribution in [2.75, 3.05) is 6.61 Å². The first-order valence-electron chi connectivity index (χ1n) is 11.0. The number of aryl methyl sites for hydroxylation is 1. The average Bonchev–Trinajstić information content (AvgIpc) is 3.20. The van der Waals surface area contributed by atoms with Crippen LogP contribution in [0.1, 0.15) is 53.9 Å². The Hall–Kier alpha value is -3.42. The van der Waals surface area contributed by atoms with Crippen LogP contribution in [0.2, 0.25) is 0 Å². The summed E-state index contributed by atoms with van der Waals surface area (Å²) in [5, 5.41) is 7.57. The van der Waals surface area contributed by atoms with Crippen molar-refractivity contribution in [3.63, 3.8) is 0 Å². The second kappa shape index (κ2) is 10.7. The van der Waals surface area contributed by atoms with E-state index in [9.17, 15) is 13.2 Å². The van der Waals surface area contributed by atoms with Crippen LogP contribution in [-0.4, -0.2) is 30.3 Å². The molecule has 0 saturated carbocycles. The Labute approximate surface area is 200 Å². The monoisotopic (exact) mass is 479 g/mol. The molecule has 0 atom stereocenters. The summed E-state index contributed by atoms with van der Waals surface area (Å²) in [5.74, 6) is 0.213. The number of carbonyl (C=O) groups excluding carboxylic acids is 1. The zero-order valence-electron chi connectivity index (χ0n) is 19.7. The van der Waals surface area contributed by atoms with Crippen LogP contribution in [0.4, 0.5) is 0 Å². The molecule has 4 rings (SSSR count). The van der Waals surface area contributed by atoms with Gasteiger partial charge in [-0.1, -0.05) is 37.6 Å². The normalized spacial score (nSPS) is 11.2. The van der Waals surface area contributed by atoms with E-state index >= 15 is 0 Å². The predicted octanol–water partition coefficient (Wildman–Crippen LogP) is 5.37. The Balaban J connectivity index is 0.00000103. The number of nitrogens with zero attached hydrogens (tertiary/aromatic N) is 1. The van der Waals surface area contributed by atoms with Gasteiger partial charge in [0.1, 0.15) is 10.6 Å². The number of rotatable bonds is 6. The SMILES string of the molecule is CCO.Cc1ccc(S(=O)(=O)Oc2ccc(C(=O)c3c(C(C)C)cc4ccccn34)cc2)cc1. The lowest BCUT2D eigenvalue weighted by molar-refractivity contribution is 0.103. The molecule has 0 saturated heterocycles. The summed E-state index contributed by atoms with van der Waals surface area (Å²) < 4.78 is 32.1. The number of aromatic nitrogens is 1. The summed E-state index contributed by atoms with van der Waals surface area (Å²) >= 11 is 0. The third kappa shape index (κ3) is 5.55. The molecule has 0 amide bonds. The maximum Gasteiger partial charge on any atom is 0.339 e. The van der Waals surface area contributed by atoms with E-state index < -0.39 is 10.1 Å². The van der Waals surface area contributed by atoms with E-state index in [1.165, 1.54) is 24.3 Å². The van der Waals surface area contributed by atoms with E-state index in [1.807, 2.05) is 41.8 Å². The van der Waals surface area contributed by atoms with Gasteiger partial charge in [0.25, 0.3) is 0 Å². The molecule has 0 fully saturated rings. The molecule has 6 nitrogen and oxygen atoms in total. The van der Waals surface area contributed by atoms with Gasteiger partial charge in [0, 0.05) is 23.9 Å². The van der Waals surface area contributed by atoms with E-state index in [1.54, 1.807) is 31.2 Å². The molecule has 178 valence electrons. The lowest BCUT2D eigenvalue weighted by Crippen LogP contribution is -2.11. The van der Waals surface area contributed by atoms with E-state index in [4.69, 9.17) is 9.29 Å². The number of hydrogen-bond donors (Lipinski definition) is 1. The summed E-state index contributed by atoms with van der Waals surface area (Å²) in [6.45, 7) is 7.92. The van der Waals surface area contributed by atoms with Crippen molar-refractivity contribution in [2.45, 2.75) is 38.5 Å². The maximum absolute atomic E-state index is 13.3. The number of aliphatic hydroxyl groups is 1. The standard InChI is InChI=1S/C25H23NO4S.C2H6O/c1-17(2)23-16-20-6-4-5-15-26(20)24(23)25(27)19-9-11-21(12-10-19)30-31(28,29)22-13-7-18(3)8-14-22;1-2-3/h4-17H,1-3H3;3H,2H2,1H3. The number of pyridine rings is 1. The Morgan fingerprint density at radius 3 is 2.21 bits per heavy atom. The number of fused-ring (bicyclic) bond motifs is 1. The molecule has 2 aromatic heterocycles. The van der Waals surface area contributed by atoms with Gasteiger partial charge in [-0.2, -0.15) is 8.42 Å². The minimum atomic E-state index is -3.94. The maximum atomic E-state index is 13.3. The van der Waals surface area contributed by atoms with Crippen molar-refractivity contribution in [2.24, 2.45) is 0 Å². The average molecular weight is 480 g/mol. The molecule has 0 aliphatic carbocycles. The van der Waals surface area contributed by atoms with E-state index in [0.29, 0.717) is 11.3 Å². The van der Waals surface area contributed by atoms with Crippen LogP contribution < -0.4 is 4.18 Å². The topological polar surface area (TPSA) is 85.1 Å². The number of carbonyl (C=O) groups is 1. The molecule has 34 heavy (non-hydrogen) atoms. The Morgan fingerprint density at radius 1 is 1.00 bits per heavy atom. The summed E-state index contributed by atoms with van der Waals surface area (Å²) in [4.78, 5) is 13.4. The fraction of sp³-hybridized carbons (Fsp3) is 0.222. The van der Waals surface area contributed by atoms with Crippen LogP contribution >= 0.6 is 0 Å². The van der Waals surface area contributed by atoms with Crippen molar-refractivity contribution in [3.05, 3.63) is 101 Å². The van der Waals surface area contributed by atoms with Gasteiger partial charge in [-0.15, -0.1) is 0 Å². The highest BCUT2D eigenvalue weighted by molar-refractivity contribution is 7.87. The first-order valence-corrected chi connectivity index (χ1v) is 12.5. The molecule has 1 N–H and O–H groups in total. The molecule has 0 radical (unpaired) electrons. The van der Waals surface area contributed by atoms with Crippen LogP contribution in [-0.2, 0) is 10.1 Å². The summed E-state index contributed by atoms with van der Waals surface area (Å²) in [5.41, 5.74) is 3.97. The second-order valence-electron chi connectivity index (χ2n) is 8.12. The fourth-order valence-electron chi connectivity index (χ4n) is 3.50. The van der Waals surface area contributed by atoms with Crippen LogP contribution in [0, 0.1) is 6.92 Å². The van der Waals surface area contributed by atoms with Crippen LogP contribution in [0.5, 0.6) is 5.75 Å². The highest BCUT2D eigenvalue weighted by Crippen LogP contribution is 2.27. The molecule has 2 heterocycles. The molecule has 7 heteroatoms. The summed E-state index contributed by atoms with van der Waals surface area (Å²) in [7, 11) is -3.94. The van der Waals surface area contributed by atoms with Crippen molar-refractivity contribution in [1.29, 1.82) is 0 Å². The fourth-order valence-corrected chi connectivity index (χ4v) is 4.43. The van der Waals surface area contributed by atoms with Gasteiger partial charge in [-0.3, -0.25) is 4.79 Å². The quantitative estimate of drug-likeness (QED) is 0.297. The minimum Gasteiger partial charge on any atom is -0.397 e. The molecular formula is C27H29NO5S. The Bertz CT molecular complexity index is 1370. The van der Waals surface area contributed by atoms with Gasteiger partial charge in [0.15, 0.2) is 0 Å². The van der Waals surface area contributed by atoms with Crippen molar-refractivity contribution >= 4 is 21.4 Å².